The molecule has 4 rings (SSSR count). The van der Waals surface area contributed by atoms with Gasteiger partial charge in [-0.25, -0.2) is 4.98 Å². The summed E-state index contributed by atoms with van der Waals surface area (Å²) in [4.78, 5) is 21.3. The van der Waals surface area contributed by atoms with Gasteiger partial charge in [0.15, 0.2) is 0 Å². The number of methoxy groups -OCH3 is 3. The van der Waals surface area contributed by atoms with Crippen LogP contribution in [-0.2, 0) is 11.3 Å². The lowest BCUT2D eigenvalue weighted by Crippen LogP contribution is -2.22. The van der Waals surface area contributed by atoms with E-state index in [1.165, 1.54) is 0 Å². The first-order valence-corrected chi connectivity index (χ1v) is 11.7. The van der Waals surface area contributed by atoms with Gasteiger partial charge in [0.05, 0.1) is 27.8 Å². The number of aliphatic hydroxyl groups excluding tert-OH is 1. The molecule has 2 heterocycles. The second-order valence-corrected chi connectivity index (χ2v) is 8.38. The molecule has 3 N–H and O–H groups in total. The Morgan fingerprint density at radius 2 is 1.73 bits per heavy atom. The maximum atomic E-state index is 12.9. The number of hydrogen-bond acceptors (Lipinski definition) is 8. The number of allylic oxidation sites excluding steroid dienone is 2. The molecule has 0 bridgehead atoms. The summed E-state index contributed by atoms with van der Waals surface area (Å²) in [6.07, 6.45) is 7.39. The van der Waals surface area contributed by atoms with Gasteiger partial charge in [-0.05, 0) is 70.7 Å². The lowest BCUT2D eigenvalue weighted by Gasteiger charge is -2.15. The molecule has 1 aliphatic rings. The zero-order valence-corrected chi connectivity index (χ0v) is 21.3. The number of nitrogens with one attached hydrogen (secondary N) is 2. The number of fused-ring (bicyclic) bond motifs is 1. The minimum Gasteiger partial charge on any atom is -0.494 e. The highest BCUT2D eigenvalue weighted by atomic mass is 16.5. The molecule has 9 nitrogen and oxygen atoms in total. The topological polar surface area (TPSA) is 115 Å². The predicted molar refractivity (Wildman–Crippen MR) is 142 cm³/mol. The van der Waals surface area contributed by atoms with Crippen LogP contribution in [0.25, 0.3) is 17.2 Å². The van der Waals surface area contributed by atoms with Crippen molar-refractivity contribution in [3.8, 4) is 17.4 Å². The molecule has 1 aliphatic carbocycles. The Bertz CT molecular complexity index is 1330. The summed E-state index contributed by atoms with van der Waals surface area (Å²) >= 11 is 0. The molecular formula is C28H30N4O5. The first-order chi connectivity index (χ1) is 18.0. The highest BCUT2D eigenvalue weighted by Gasteiger charge is 2.27. The third kappa shape index (κ3) is 5.57. The van der Waals surface area contributed by atoms with Crippen molar-refractivity contribution >= 4 is 28.8 Å². The molecule has 0 radical (unpaired) electrons. The Balaban J connectivity index is 1.71. The average molecular weight is 503 g/mol. The van der Waals surface area contributed by atoms with Gasteiger partial charge >= 0.3 is 0 Å². The molecule has 1 amide bonds. The summed E-state index contributed by atoms with van der Waals surface area (Å²) < 4.78 is 16.4. The second-order valence-electron chi connectivity index (χ2n) is 8.38. The van der Waals surface area contributed by atoms with Gasteiger partial charge < -0.3 is 30.0 Å². The minimum absolute atomic E-state index is 0.0862. The quantitative estimate of drug-likeness (QED) is 0.358. The van der Waals surface area contributed by atoms with Crippen LogP contribution in [0.5, 0.6) is 17.4 Å². The van der Waals surface area contributed by atoms with E-state index in [9.17, 15) is 9.90 Å². The molecular weight excluding hydrogens is 472 g/mol. The first-order valence-electron chi connectivity index (χ1n) is 11.7. The number of nitrogens with zero attached hydrogens (tertiary/aromatic N) is 2. The van der Waals surface area contributed by atoms with Crippen LogP contribution in [0.15, 0.2) is 54.5 Å². The highest BCUT2D eigenvalue weighted by Crippen LogP contribution is 2.45. The van der Waals surface area contributed by atoms with E-state index in [-0.39, 0.29) is 19.1 Å². The molecule has 0 atom stereocenters. The van der Waals surface area contributed by atoms with Crippen molar-refractivity contribution in [3.63, 3.8) is 0 Å². The molecule has 2 aromatic heterocycles. The van der Waals surface area contributed by atoms with Gasteiger partial charge in [-0.1, -0.05) is 0 Å². The SMILES string of the molecule is COc1cc2c(cn1)/C(=C\c1cc(OC)c(NCO)c(OC)c1)C(C)=C2CC(=O)NCc1ccncc1. The monoisotopic (exact) mass is 502 g/mol. The highest BCUT2D eigenvalue weighted by molar-refractivity contribution is 6.08. The number of anilines is 1. The molecule has 0 saturated heterocycles. The van der Waals surface area contributed by atoms with Crippen molar-refractivity contribution in [2.24, 2.45) is 0 Å². The molecule has 0 aliphatic heterocycles. The molecule has 37 heavy (non-hydrogen) atoms. The molecule has 0 spiro atoms. The number of rotatable bonds is 10. The Kier molecular flexibility index (Phi) is 8.05. The standard InChI is InChI=1S/C28H30N4O5/c1-17-20(9-19-10-24(35-2)28(32-16-33)25(11-19)36-3)23-15-31-27(37-4)13-22(23)21(17)12-26(34)30-14-18-5-7-29-8-6-18/h5-11,13,15,32-33H,12,14,16H2,1-4H3,(H,30,34)/b20-9-. The molecule has 0 unspecified atom stereocenters. The van der Waals surface area contributed by atoms with Crippen molar-refractivity contribution in [1.82, 2.24) is 15.3 Å². The maximum Gasteiger partial charge on any atom is 0.224 e. The van der Waals surface area contributed by atoms with E-state index in [4.69, 9.17) is 14.2 Å². The Morgan fingerprint density at radius 1 is 1.03 bits per heavy atom. The summed E-state index contributed by atoms with van der Waals surface area (Å²) in [6, 6.07) is 9.32. The summed E-state index contributed by atoms with van der Waals surface area (Å²) in [7, 11) is 4.69. The van der Waals surface area contributed by atoms with Crippen LogP contribution >= 0.6 is 0 Å². The fraction of sp³-hybridized carbons (Fsp3) is 0.250. The summed E-state index contributed by atoms with van der Waals surface area (Å²) in [6.45, 7) is 2.17. The fourth-order valence-corrected chi connectivity index (χ4v) is 4.35. The molecule has 0 fully saturated rings. The molecule has 9 heteroatoms. The minimum atomic E-state index is -0.261. The number of pyridine rings is 2. The number of benzene rings is 1. The van der Waals surface area contributed by atoms with Gasteiger partial charge in [0.1, 0.15) is 23.9 Å². The number of hydrogen-bond donors (Lipinski definition) is 3. The van der Waals surface area contributed by atoms with Crippen LogP contribution in [0.1, 0.15) is 35.6 Å². The van der Waals surface area contributed by atoms with Gasteiger partial charge in [-0.3, -0.25) is 9.78 Å². The normalized spacial score (nSPS) is 13.4. The van der Waals surface area contributed by atoms with Crippen molar-refractivity contribution in [2.45, 2.75) is 19.9 Å². The van der Waals surface area contributed by atoms with Crippen molar-refractivity contribution in [1.29, 1.82) is 0 Å². The smallest absolute Gasteiger partial charge is 0.224 e. The third-order valence-electron chi connectivity index (χ3n) is 6.23. The van der Waals surface area contributed by atoms with E-state index >= 15 is 0 Å². The summed E-state index contributed by atoms with van der Waals surface area (Å²) in [5.74, 6) is 1.45. The number of aliphatic hydroxyl groups is 1. The summed E-state index contributed by atoms with van der Waals surface area (Å²) in [5.41, 5.74) is 7.01. The molecule has 0 saturated carbocycles. The zero-order valence-electron chi connectivity index (χ0n) is 21.3. The Hall–Kier alpha value is -4.37. The van der Waals surface area contributed by atoms with Gasteiger partial charge in [0, 0.05) is 36.8 Å². The van der Waals surface area contributed by atoms with Crippen molar-refractivity contribution in [3.05, 3.63) is 76.7 Å². The lowest BCUT2D eigenvalue weighted by molar-refractivity contribution is -0.120. The molecule has 192 valence electrons. The Morgan fingerprint density at radius 3 is 2.35 bits per heavy atom. The second kappa shape index (κ2) is 11.6. The lowest BCUT2D eigenvalue weighted by atomic mass is 10.0. The maximum absolute atomic E-state index is 12.9. The van der Waals surface area contributed by atoms with E-state index in [1.807, 2.05) is 43.3 Å². The number of carbonyl (C=O) groups excluding carboxylic acids is 1. The third-order valence-corrected chi connectivity index (χ3v) is 6.23. The van der Waals surface area contributed by atoms with E-state index in [0.29, 0.717) is 29.6 Å². The predicted octanol–water partition coefficient (Wildman–Crippen LogP) is 3.90. The first kappa shape index (κ1) is 25.7. The van der Waals surface area contributed by atoms with E-state index in [0.717, 1.165) is 39.0 Å². The zero-order chi connectivity index (χ0) is 26.4. The van der Waals surface area contributed by atoms with Crippen molar-refractivity contribution < 1.29 is 24.1 Å². The van der Waals surface area contributed by atoms with Crippen LogP contribution in [-0.4, -0.2) is 49.0 Å². The van der Waals surface area contributed by atoms with E-state index in [2.05, 4.69) is 20.6 Å². The summed E-state index contributed by atoms with van der Waals surface area (Å²) in [5, 5.41) is 15.2. The number of aromatic nitrogens is 2. The number of carbonyl (C=O) groups is 1. The van der Waals surface area contributed by atoms with Crippen molar-refractivity contribution in [2.75, 3.05) is 33.4 Å². The fourth-order valence-electron chi connectivity index (χ4n) is 4.35. The van der Waals surface area contributed by atoms with Gasteiger partial charge in [0.2, 0.25) is 11.8 Å². The van der Waals surface area contributed by atoms with Gasteiger partial charge in [-0.15, -0.1) is 0 Å². The number of ether oxygens (including phenoxy) is 3. The largest absolute Gasteiger partial charge is 0.494 e. The molecule has 1 aromatic carbocycles. The van der Waals surface area contributed by atoms with Gasteiger partial charge in [0.25, 0.3) is 0 Å². The van der Waals surface area contributed by atoms with Crippen LogP contribution < -0.4 is 24.8 Å². The number of amides is 1. The van der Waals surface area contributed by atoms with Crippen LogP contribution in [0, 0.1) is 0 Å². The van der Waals surface area contributed by atoms with Gasteiger partial charge in [-0.2, -0.15) is 0 Å². The van der Waals surface area contributed by atoms with Crippen LogP contribution in [0.3, 0.4) is 0 Å². The Labute approximate surface area is 215 Å². The van der Waals surface area contributed by atoms with Crippen LogP contribution in [0.4, 0.5) is 5.69 Å². The van der Waals surface area contributed by atoms with Crippen LogP contribution in [0.2, 0.25) is 0 Å². The van der Waals surface area contributed by atoms with E-state index < -0.39 is 0 Å². The van der Waals surface area contributed by atoms with E-state index in [1.54, 1.807) is 39.9 Å². The average Bonchev–Trinajstić information content (AvgIpc) is 3.18. The molecule has 3 aromatic rings.